The first-order chi connectivity index (χ1) is 20.3. The maximum absolute atomic E-state index is 13.6. The number of aliphatic hydroxyl groups excluding tert-OH is 1. The lowest BCUT2D eigenvalue weighted by atomic mass is 9.85. The summed E-state index contributed by atoms with van der Waals surface area (Å²) in [6, 6.07) is 0. The Labute approximate surface area is 253 Å². The van der Waals surface area contributed by atoms with Crippen LogP contribution < -0.4 is 22.1 Å². The van der Waals surface area contributed by atoms with Crippen molar-refractivity contribution in [3.63, 3.8) is 0 Å². The molecule has 43 heavy (non-hydrogen) atoms. The van der Waals surface area contributed by atoms with Gasteiger partial charge in [0.1, 0.15) is 6.10 Å². The highest BCUT2D eigenvalue weighted by Crippen LogP contribution is 2.28. The van der Waals surface area contributed by atoms with E-state index in [4.69, 9.17) is 25.7 Å². The third-order valence-corrected chi connectivity index (χ3v) is 7.48. The lowest BCUT2D eigenvalue weighted by Crippen LogP contribution is -2.38. The van der Waals surface area contributed by atoms with E-state index in [1.165, 1.54) is 20.3 Å². The van der Waals surface area contributed by atoms with Crippen LogP contribution in [0.1, 0.15) is 47.0 Å². The number of ketones is 2. The Morgan fingerprint density at radius 2 is 1.86 bits per heavy atom. The molecule has 2 bridgehead atoms. The van der Waals surface area contributed by atoms with Gasteiger partial charge in [0.25, 0.3) is 5.91 Å². The predicted molar refractivity (Wildman–Crippen MR) is 161 cm³/mol. The molecule has 0 aromatic carbocycles. The van der Waals surface area contributed by atoms with E-state index >= 15 is 0 Å². The number of aliphatic hydroxyl groups is 1. The molecule has 12 heteroatoms. The summed E-state index contributed by atoms with van der Waals surface area (Å²) < 4.78 is 16.6. The molecule has 0 saturated heterocycles. The molecule has 0 spiro atoms. The van der Waals surface area contributed by atoms with E-state index in [0.29, 0.717) is 31.5 Å². The van der Waals surface area contributed by atoms with Gasteiger partial charge < -0.3 is 41.4 Å². The minimum Gasteiger partial charge on any atom is -0.439 e. The number of nitrogens with two attached hydrogens (primary N) is 2. The summed E-state index contributed by atoms with van der Waals surface area (Å²) in [6.07, 6.45) is 4.38. The summed E-state index contributed by atoms with van der Waals surface area (Å²) in [6.45, 7) is 7.79. The van der Waals surface area contributed by atoms with Crippen LogP contribution in [-0.2, 0) is 28.6 Å². The van der Waals surface area contributed by atoms with Gasteiger partial charge in [0.05, 0.1) is 23.6 Å². The zero-order valence-corrected chi connectivity index (χ0v) is 25.8. The normalized spacial score (nSPS) is 31.3. The summed E-state index contributed by atoms with van der Waals surface area (Å²) in [7, 11) is 2.92. The summed E-state index contributed by atoms with van der Waals surface area (Å²) >= 11 is 0. The zero-order valence-electron chi connectivity index (χ0n) is 25.8. The molecule has 0 aromatic heterocycles. The number of Topliss-reactive ketones (excluding diaryl/α,β-unsaturated/α-hetero) is 1. The summed E-state index contributed by atoms with van der Waals surface area (Å²) in [5, 5.41) is 16.9. The number of ether oxygens (including phenoxy) is 3. The number of nitrogens with one attached hydrogen (secondary N) is 2. The Hall–Kier alpha value is -3.58. The van der Waals surface area contributed by atoms with Crippen LogP contribution >= 0.6 is 0 Å². The Bertz CT molecular complexity index is 1200. The molecule has 6 atom stereocenters. The minimum atomic E-state index is -1.00. The molecule has 2 amide bonds. The van der Waals surface area contributed by atoms with Crippen molar-refractivity contribution in [2.24, 2.45) is 23.3 Å². The van der Waals surface area contributed by atoms with E-state index in [2.05, 4.69) is 10.6 Å². The minimum absolute atomic E-state index is 0.127. The summed E-state index contributed by atoms with van der Waals surface area (Å²) in [4.78, 5) is 51.5. The highest BCUT2D eigenvalue weighted by Gasteiger charge is 2.33. The number of amides is 2. The van der Waals surface area contributed by atoms with Crippen LogP contribution in [0.3, 0.4) is 0 Å². The maximum Gasteiger partial charge on any atom is 0.405 e. The fraction of sp³-hybridized carbons (Fsp3) is 0.548. The van der Waals surface area contributed by atoms with E-state index in [0.717, 1.165) is 6.08 Å². The number of rotatable bonds is 7. The molecule has 0 radical (unpaired) electrons. The second-order valence-electron chi connectivity index (χ2n) is 11.0. The number of primary amides is 1. The van der Waals surface area contributed by atoms with Gasteiger partial charge in [-0.05, 0) is 51.1 Å². The molecule has 1 heterocycles. The Kier molecular flexibility index (Phi) is 14.0. The van der Waals surface area contributed by atoms with Crippen LogP contribution in [0.5, 0.6) is 0 Å². The number of methoxy groups -OCH3 is 2. The second-order valence-corrected chi connectivity index (χ2v) is 11.0. The average molecular weight is 603 g/mol. The Balaban J connectivity index is 2.61. The Morgan fingerprint density at radius 3 is 2.47 bits per heavy atom. The smallest absolute Gasteiger partial charge is 0.405 e. The van der Waals surface area contributed by atoms with Crippen LogP contribution in [-0.4, -0.2) is 80.4 Å². The van der Waals surface area contributed by atoms with E-state index in [-0.39, 0.29) is 34.9 Å². The quantitative estimate of drug-likeness (QED) is 0.163. The fourth-order valence-electron chi connectivity index (χ4n) is 5.09. The maximum atomic E-state index is 13.6. The van der Waals surface area contributed by atoms with Crippen molar-refractivity contribution in [3.05, 3.63) is 58.5 Å². The molecular weight excluding hydrogens is 556 g/mol. The van der Waals surface area contributed by atoms with E-state index in [1.807, 2.05) is 6.92 Å². The van der Waals surface area contributed by atoms with Gasteiger partial charge in [-0.1, -0.05) is 38.2 Å². The van der Waals surface area contributed by atoms with Crippen molar-refractivity contribution in [2.45, 2.75) is 71.4 Å². The van der Waals surface area contributed by atoms with Gasteiger partial charge in [0.15, 0.2) is 6.10 Å². The van der Waals surface area contributed by atoms with Crippen molar-refractivity contribution >= 4 is 23.6 Å². The first-order valence-electron chi connectivity index (χ1n) is 14.4. The first-order valence-corrected chi connectivity index (χ1v) is 14.4. The molecule has 0 aromatic rings. The van der Waals surface area contributed by atoms with E-state index < -0.39 is 53.9 Å². The van der Waals surface area contributed by atoms with Crippen molar-refractivity contribution in [3.8, 4) is 0 Å². The lowest BCUT2D eigenvalue weighted by molar-refractivity contribution is -0.120. The highest BCUT2D eigenvalue weighted by atomic mass is 16.6. The van der Waals surface area contributed by atoms with Gasteiger partial charge >= 0.3 is 6.09 Å². The molecule has 12 nitrogen and oxygen atoms in total. The van der Waals surface area contributed by atoms with Crippen molar-refractivity contribution < 1.29 is 38.5 Å². The van der Waals surface area contributed by atoms with E-state index in [9.17, 15) is 24.3 Å². The first kappa shape index (κ1) is 35.6. The molecule has 1 aliphatic carbocycles. The third kappa shape index (κ3) is 9.99. The highest BCUT2D eigenvalue weighted by molar-refractivity contribution is 6.23. The molecule has 0 fully saturated rings. The standard InChI is InChI=1S/C31H46N4O8/c1-17-13-21-26(34-12-8-11-32)23(36)16-22(28(21)38)35-30(39)18(2)9-7-10-24(41-5)29(43-31(33)40)20(4)15-19(3)27(37)25(14-17)42-6/h7,9-10,15-17,19,24-25,27,29,34,37H,8,11-14,32H2,1-6H3,(H2,33,40)(H,35,39)/b10-7-,18-9+,20-15+/t17-,19+,24+,25+,27-,29+/m1/s1. The van der Waals surface area contributed by atoms with E-state index in [1.54, 1.807) is 39.0 Å². The monoisotopic (exact) mass is 602 g/mol. The number of carbonyl (C=O) groups excluding carboxylic acids is 4. The molecule has 7 N–H and O–H groups in total. The Morgan fingerprint density at radius 1 is 1.16 bits per heavy atom. The van der Waals surface area contributed by atoms with Crippen LogP contribution in [0.25, 0.3) is 0 Å². The van der Waals surface area contributed by atoms with Crippen LogP contribution in [0, 0.1) is 11.8 Å². The van der Waals surface area contributed by atoms with Crippen molar-refractivity contribution in [1.82, 2.24) is 10.6 Å². The predicted octanol–water partition coefficient (Wildman–Crippen LogP) is 1.70. The van der Waals surface area contributed by atoms with Gasteiger partial charge in [-0.2, -0.15) is 0 Å². The zero-order chi connectivity index (χ0) is 32.3. The number of hydrogen-bond acceptors (Lipinski definition) is 10. The average Bonchev–Trinajstić information content (AvgIpc) is 2.95. The lowest BCUT2D eigenvalue weighted by Gasteiger charge is -2.30. The van der Waals surface area contributed by atoms with Crippen LogP contribution in [0.4, 0.5) is 4.79 Å². The number of allylic oxidation sites excluding steroid dienone is 4. The topological polar surface area (TPSA) is 192 Å². The summed E-state index contributed by atoms with van der Waals surface area (Å²) in [5.74, 6) is -2.12. The molecule has 238 valence electrons. The molecule has 0 saturated carbocycles. The molecule has 2 rings (SSSR count). The third-order valence-electron chi connectivity index (χ3n) is 7.48. The van der Waals surface area contributed by atoms with Gasteiger partial charge in [0.2, 0.25) is 11.6 Å². The largest absolute Gasteiger partial charge is 0.439 e. The summed E-state index contributed by atoms with van der Waals surface area (Å²) in [5.41, 5.74) is 12.1. The van der Waals surface area contributed by atoms with Crippen molar-refractivity contribution in [2.75, 3.05) is 27.3 Å². The number of hydrogen-bond donors (Lipinski definition) is 5. The molecule has 0 unspecified atom stereocenters. The van der Waals surface area contributed by atoms with Gasteiger partial charge in [-0.15, -0.1) is 0 Å². The number of fused-ring (bicyclic) bond motifs is 2. The molecule has 1 aliphatic heterocycles. The van der Waals surface area contributed by atoms with Crippen molar-refractivity contribution in [1.29, 1.82) is 0 Å². The number of carbonyl (C=O) groups is 4. The second kappa shape index (κ2) is 16.9. The fourth-order valence-corrected chi connectivity index (χ4v) is 5.09. The van der Waals surface area contributed by atoms with Gasteiger partial charge in [0, 0.05) is 43.9 Å². The van der Waals surface area contributed by atoms with Gasteiger partial charge in [-0.3, -0.25) is 14.4 Å². The van der Waals surface area contributed by atoms with Crippen LogP contribution in [0.2, 0.25) is 0 Å². The molecule has 2 aliphatic rings. The van der Waals surface area contributed by atoms with Crippen LogP contribution in [0.15, 0.2) is 58.5 Å². The molecular formula is C31H46N4O8. The van der Waals surface area contributed by atoms with Gasteiger partial charge in [-0.25, -0.2) is 4.79 Å². The SMILES string of the molecule is CO[C@H]1/C=C\C=C(/C)C(=O)NC2=CC(=O)C(NCCCN)=C(C[C@@H](C)C[C@H](OC)[C@H](O)[C@@H](C)/C=C(\C)[C@@H]1OC(N)=O)C2=O.